The Morgan fingerprint density at radius 2 is 1.96 bits per heavy atom. The molecule has 0 bridgehead atoms. The van der Waals surface area contributed by atoms with E-state index in [1.165, 1.54) is 12.3 Å². The third kappa shape index (κ3) is 6.24. The molecular weight excluding hydrogens is 480 g/mol. The molecular formula is C17H12F3IN2O4. The molecule has 0 aliphatic heterocycles. The molecule has 0 unspecified atom stereocenters. The van der Waals surface area contributed by atoms with Crippen molar-refractivity contribution in [2.24, 2.45) is 5.10 Å². The van der Waals surface area contributed by atoms with Crippen LogP contribution in [0.5, 0.6) is 5.75 Å². The summed E-state index contributed by atoms with van der Waals surface area (Å²) in [7, 11) is 0. The number of hydrogen-bond acceptors (Lipinski definition) is 4. The number of carbonyl (C=O) groups excluding carboxylic acids is 1. The highest BCUT2D eigenvalue weighted by Gasteiger charge is 2.30. The van der Waals surface area contributed by atoms with Crippen LogP contribution < -0.4 is 10.2 Å². The minimum Gasteiger partial charge on any atom is -0.481 e. The van der Waals surface area contributed by atoms with E-state index in [0.717, 1.165) is 18.2 Å². The first-order chi connectivity index (χ1) is 12.7. The fourth-order valence-corrected chi connectivity index (χ4v) is 2.62. The third-order valence-electron chi connectivity index (χ3n) is 3.14. The number of nitrogens with zero attached hydrogens (tertiary/aromatic N) is 1. The van der Waals surface area contributed by atoms with Gasteiger partial charge in [-0.1, -0.05) is 6.07 Å². The molecule has 0 heterocycles. The maximum absolute atomic E-state index is 12.7. The highest BCUT2D eigenvalue weighted by molar-refractivity contribution is 14.1. The molecule has 27 heavy (non-hydrogen) atoms. The van der Waals surface area contributed by atoms with Crippen LogP contribution in [0.1, 0.15) is 21.5 Å². The van der Waals surface area contributed by atoms with E-state index in [1.807, 2.05) is 22.6 Å². The lowest BCUT2D eigenvalue weighted by Gasteiger charge is -2.08. The van der Waals surface area contributed by atoms with Gasteiger partial charge in [0.05, 0.1) is 15.3 Å². The van der Waals surface area contributed by atoms with Gasteiger partial charge in [0, 0.05) is 5.56 Å². The normalized spacial score (nSPS) is 11.4. The van der Waals surface area contributed by atoms with E-state index in [4.69, 9.17) is 9.84 Å². The van der Waals surface area contributed by atoms with Crippen LogP contribution in [0.25, 0.3) is 0 Å². The first-order valence-corrected chi connectivity index (χ1v) is 8.39. The Morgan fingerprint density at radius 3 is 2.59 bits per heavy atom. The molecule has 0 saturated carbocycles. The lowest BCUT2D eigenvalue weighted by atomic mass is 10.1. The first kappa shape index (κ1) is 20.7. The quantitative estimate of drug-likeness (QED) is 0.367. The molecule has 0 saturated heterocycles. The van der Waals surface area contributed by atoms with E-state index < -0.39 is 30.2 Å². The lowest BCUT2D eigenvalue weighted by Crippen LogP contribution is -2.18. The molecule has 2 aromatic carbocycles. The summed E-state index contributed by atoms with van der Waals surface area (Å²) in [5.41, 5.74) is 1.63. The van der Waals surface area contributed by atoms with Gasteiger partial charge in [-0.05, 0) is 64.6 Å². The van der Waals surface area contributed by atoms with Gasteiger partial charge in [-0.2, -0.15) is 18.3 Å². The van der Waals surface area contributed by atoms with Crippen molar-refractivity contribution in [2.45, 2.75) is 6.18 Å². The number of ether oxygens (including phenoxy) is 1. The zero-order valence-electron chi connectivity index (χ0n) is 13.5. The fraction of sp³-hybridized carbons (Fsp3) is 0.118. The van der Waals surface area contributed by atoms with E-state index in [1.54, 1.807) is 18.2 Å². The van der Waals surface area contributed by atoms with Gasteiger partial charge >= 0.3 is 12.1 Å². The molecule has 0 radical (unpaired) electrons. The molecule has 2 aromatic rings. The van der Waals surface area contributed by atoms with E-state index in [9.17, 15) is 22.8 Å². The Bertz CT molecular complexity index is 885. The molecule has 2 rings (SSSR count). The van der Waals surface area contributed by atoms with Gasteiger partial charge in [-0.15, -0.1) is 0 Å². The Kier molecular flexibility index (Phi) is 6.77. The number of hydrogen-bond donors (Lipinski definition) is 2. The minimum atomic E-state index is -4.54. The van der Waals surface area contributed by atoms with Crippen molar-refractivity contribution in [3.63, 3.8) is 0 Å². The molecule has 0 fully saturated rings. The number of carbonyl (C=O) groups is 2. The molecule has 142 valence electrons. The van der Waals surface area contributed by atoms with E-state index in [-0.39, 0.29) is 5.56 Å². The summed E-state index contributed by atoms with van der Waals surface area (Å²) in [6.07, 6.45) is -3.24. The average molecular weight is 492 g/mol. The molecule has 0 aliphatic carbocycles. The molecule has 0 spiro atoms. The summed E-state index contributed by atoms with van der Waals surface area (Å²) in [6.45, 7) is -0.476. The second-order valence-corrected chi connectivity index (χ2v) is 6.31. The maximum atomic E-state index is 12.7. The number of carboxylic acid groups (broad SMARTS) is 1. The van der Waals surface area contributed by atoms with Gasteiger partial charge in [0.15, 0.2) is 6.61 Å². The number of benzene rings is 2. The van der Waals surface area contributed by atoms with Crippen LogP contribution in [-0.4, -0.2) is 29.8 Å². The number of hydrazone groups is 1. The molecule has 2 N–H and O–H groups in total. The summed E-state index contributed by atoms with van der Waals surface area (Å²) < 4.78 is 43.7. The van der Waals surface area contributed by atoms with Gasteiger partial charge in [0.25, 0.3) is 5.91 Å². The van der Waals surface area contributed by atoms with Crippen LogP contribution in [0.2, 0.25) is 0 Å². The smallest absolute Gasteiger partial charge is 0.416 e. The predicted molar refractivity (Wildman–Crippen MR) is 98.8 cm³/mol. The number of rotatable bonds is 6. The Balaban J connectivity index is 2.02. The van der Waals surface area contributed by atoms with E-state index in [0.29, 0.717) is 14.9 Å². The highest BCUT2D eigenvalue weighted by Crippen LogP contribution is 2.29. The standard InChI is InChI=1S/C17H12F3IN2O4/c18-17(19,20)12-3-1-2-11(7-12)16(26)23-22-8-10-4-5-14(13(21)6-10)27-9-15(24)25/h1-8H,9H2,(H,23,26)(H,24,25)/b22-8-. The van der Waals surface area contributed by atoms with Crippen molar-refractivity contribution in [2.75, 3.05) is 6.61 Å². The zero-order chi connectivity index (χ0) is 20.0. The predicted octanol–water partition coefficient (Wildman–Crippen LogP) is 3.54. The van der Waals surface area contributed by atoms with Crippen LogP contribution >= 0.6 is 22.6 Å². The van der Waals surface area contributed by atoms with Gasteiger partial charge in [-0.3, -0.25) is 4.79 Å². The largest absolute Gasteiger partial charge is 0.481 e. The van der Waals surface area contributed by atoms with Gasteiger partial charge in [0.1, 0.15) is 5.75 Å². The zero-order valence-corrected chi connectivity index (χ0v) is 15.6. The average Bonchev–Trinajstić information content (AvgIpc) is 2.60. The highest BCUT2D eigenvalue weighted by atomic mass is 127. The lowest BCUT2D eigenvalue weighted by molar-refractivity contribution is -0.139. The summed E-state index contributed by atoms with van der Waals surface area (Å²) in [4.78, 5) is 22.4. The van der Waals surface area contributed by atoms with Crippen LogP contribution in [0.4, 0.5) is 13.2 Å². The summed E-state index contributed by atoms with van der Waals surface area (Å²) >= 11 is 1.94. The SMILES string of the molecule is O=C(O)COc1ccc(/C=N\NC(=O)c2cccc(C(F)(F)F)c2)cc1I. The van der Waals surface area contributed by atoms with Crippen molar-refractivity contribution >= 4 is 40.7 Å². The monoisotopic (exact) mass is 492 g/mol. The maximum Gasteiger partial charge on any atom is 0.416 e. The summed E-state index contributed by atoms with van der Waals surface area (Å²) in [5, 5.41) is 12.3. The minimum absolute atomic E-state index is 0.172. The van der Waals surface area contributed by atoms with E-state index in [2.05, 4.69) is 10.5 Å². The van der Waals surface area contributed by atoms with Gasteiger partial charge in [0.2, 0.25) is 0 Å². The second-order valence-electron chi connectivity index (χ2n) is 5.15. The summed E-state index contributed by atoms with van der Waals surface area (Å²) in [6, 6.07) is 8.76. The number of nitrogens with one attached hydrogen (secondary N) is 1. The van der Waals surface area contributed by atoms with Crippen LogP contribution in [0.3, 0.4) is 0 Å². The molecule has 0 aliphatic rings. The van der Waals surface area contributed by atoms with Crippen molar-refractivity contribution in [1.82, 2.24) is 5.43 Å². The fourth-order valence-electron chi connectivity index (χ4n) is 1.92. The molecule has 10 heteroatoms. The molecule has 1 amide bonds. The number of aliphatic carboxylic acids is 1. The van der Waals surface area contributed by atoms with Crippen LogP contribution in [-0.2, 0) is 11.0 Å². The third-order valence-corrected chi connectivity index (χ3v) is 3.98. The number of alkyl halides is 3. The Labute approximate surface area is 165 Å². The second kappa shape index (κ2) is 8.84. The number of carboxylic acids is 1. The number of halogens is 4. The molecule has 6 nitrogen and oxygen atoms in total. The molecule has 0 atom stereocenters. The Hall–Kier alpha value is -2.63. The van der Waals surface area contributed by atoms with Crippen molar-refractivity contribution < 1.29 is 32.6 Å². The van der Waals surface area contributed by atoms with Crippen LogP contribution in [0.15, 0.2) is 47.6 Å². The topological polar surface area (TPSA) is 88.0 Å². The van der Waals surface area contributed by atoms with Crippen molar-refractivity contribution in [3.05, 3.63) is 62.7 Å². The summed E-state index contributed by atoms with van der Waals surface area (Å²) in [5.74, 6) is -1.51. The number of amides is 1. The Morgan fingerprint density at radius 1 is 1.22 bits per heavy atom. The van der Waals surface area contributed by atoms with Gasteiger partial charge in [-0.25, -0.2) is 10.2 Å². The van der Waals surface area contributed by atoms with Crippen molar-refractivity contribution in [3.8, 4) is 5.75 Å². The van der Waals surface area contributed by atoms with Gasteiger partial charge < -0.3 is 9.84 Å². The van der Waals surface area contributed by atoms with E-state index >= 15 is 0 Å². The molecule has 0 aromatic heterocycles. The van der Waals surface area contributed by atoms with Crippen molar-refractivity contribution in [1.29, 1.82) is 0 Å². The first-order valence-electron chi connectivity index (χ1n) is 7.31. The van der Waals surface area contributed by atoms with Crippen LogP contribution in [0, 0.1) is 3.57 Å².